The molecule has 0 saturated carbocycles. The molecule has 8 heteroatoms. The van der Waals surface area contributed by atoms with Gasteiger partial charge in [0.15, 0.2) is 0 Å². The van der Waals surface area contributed by atoms with Gasteiger partial charge in [-0.1, -0.05) is 0 Å². The van der Waals surface area contributed by atoms with Crippen LogP contribution in [0.5, 0.6) is 0 Å². The van der Waals surface area contributed by atoms with Gasteiger partial charge in [-0.3, -0.25) is 0 Å². The molecule has 0 aromatic rings. The van der Waals surface area contributed by atoms with Gasteiger partial charge in [-0.25, -0.2) is 0 Å². The van der Waals surface area contributed by atoms with E-state index in [9.17, 15) is 26.3 Å². The largest absolute Gasteiger partial charge is 0.403 e. The number of hydrogen-bond donors (Lipinski definition) is 2. The van der Waals surface area contributed by atoms with Gasteiger partial charge in [0.05, 0.1) is 12.1 Å². The average Bonchev–Trinajstić information content (AvgIpc) is 1.83. The van der Waals surface area contributed by atoms with E-state index in [1.165, 1.54) is 0 Å². The molecule has 0 aliphatic heterocycles. The summed E-state index contributed by atoms with van der Waals surface area (Å²) in [7, 11) is 0. The lowest BCUT2D eigenvalue weighted by Gasteiger charge is -2.07. The minimum absolute atomic E-state index is 0.903. The normalized spacial score (nSPS) is 16.7. The number of rotatable bonds is 0. The van der Waals surface area contributed by atoms with Gasteiger partial charge in [-0.15, -0.1) is 0 Å². The number of alkyl halides is 6. The molecule has 0 bridgehead atoms. The quantitative estimate of drug-likeness (QED) is 0.619. The van der Waals surface area contributed by atoms with Crippen molar-refractivity contribution in [1.82, 2.24) is 0 Å². The van der Waals surface area contributed by atoms with Gasteiger partial charge >= 0.3 is 12.4 Å². The van der Waals surface area contributed by atoms with Crippen LogP contribution in [-0.4, -0.2) is 24.4 Å². The number of nitrogens with two attached hydrogens (primary N) is 2. The van der Waals surface area contributed by atoms with E-state index >= 15 is 0 Å². The molecular formula is C6H12F6N2. The molecule has 88 valence electrons. The Labute approximate surface area is 77.2 Å². The summed E-state index contributed by atoms with van der Waals surface area (Å²) in [6, 6.07) is -3.40. The minimum atomic E-state index is -4.22. The first-order chi connectivity index (χ1) is 5.89. The second-order valence-corrected chi connectivity index (χ2v) is 2.66. The third kappa shape index (κ3) is 9.59. The van der Waals surface area contributed by atoms with Crippen molar-refractivity contribution >= 4 is 0 Å². The fourth-order valence-electron chi connectivity index (χ4n) is 0. The molecule has 0 aromatic carbocycles. The first-order valence-electron chi connectivity index (χ1n) is 3.53. The van der Waals surface area contributed by atoms with Crippen molar-refractivity contribution in [2.24, 2.45) is 11.5 Å². The SMILES string of the molecule is C[C@@H](N)C(F)(F)F.C[C@H](N)C(F)(F)F. The zero-order chi connectivity index (χ0) is 12.2. The van der Waals surface area contributed by atoms with E-state index in [-0.39, 0.29) is 0 Å². The van der Waals surface area contributed by atoms with Crippen molar-refractivity contribution in [2.75, 3.05) is 0 Å². The van der Waals surface area contributed by atoms with Crippen LogP contribution in [0.2, 0.25) is 0 Å². The smallest absolute Gasteiger partial charge is 0.320 e. The molecule has 0 fully saturated rings. The second-order valence-electron chi connectivity index (χ2n) is 2.66. The van der Waals surface area contributed by atoms with E-state index in [4.69, 9.17) is 0 Å². The molecular weight excluding hydrogens is 214 g/mol. The predicted molar refractivity (Wildman–Crippen MR) is 39.4 cm³/mol. The molecule has 2 nitrogen and oxygen atoms in total. The van der Waals surface area contributed by atoms with Gasteiger partial charge in [-0.05, 0) is 13.8 Å². The lowest BCUT2D eigenvalue weighted by molar-refractivity contribution is -0.144. The van der Waals surface area contributed by atoms with Gasteiger partial charge < -0.3 is 11.5 Å². The Balaban J connectivity index is 0. The van der Waals surface area contributed by atoms with Crippen molar-refractivity contribution < 1.29 is 26.3 Å². The van der Waals surface area contributed by atoms with Crippen LogP contribution in [0.3, 0.4) is 0 Å². The van der Waals surface area contributed by atoms with E-state index in [1.54, 1.807) is 0 Å². The Morgan fingerprint density at radius 1 is 0.714 bits per heavy atom. The molecule has 0 saturated heterocycles. The van der Waals surface area contributed by atoms with Crippen LogP contribution >= 0.6 is 0 Å². The van der Waals surface area contributed by atoms with Crippen molar-refractivity contribution in [3.05, 3.63) is 0 Å². The Kier molecular flexibility index (Phi) is 6.15. The molecule has 0 spiro atoms. The Morgan fingerprint density at radius 3 is 0.786 bits per heavy atom. The van der Waals surface area contributed by atoms with Crippen molar-refractivity contribution in [2.45, 2.75) is 38.3 Å². The zero-order valence-electron chi connectivity index (χ0n) is 7.58. The topological polar surface area (TPSA) is 52.0 Å². The van der Waals surface area contributed by atoms with Crippen molar-refractivity contribution in [1.29, 1.82) is 0 Å². The van der Waals surface area contributed by atoms with Crippen LogP contribution in [0, 0.1) is 0 Å². The van der Waals surface area contributed by atoms with Crippen molar-refractivity contribution in [3.8, 4) is 0 Å². The molecule has 0 aliphatic carbocycles. The van der Waals surface area contributed by atoms with E-state index in [2.05, 4.69) is 11.5 Å². The van der Waals surface area contributed by atoms with Crippen molar-refractivity contribution in [3.63, 3.8) is 0 Å². The first kappa shape index (κ1) is 15.9. The molecule has 0 heterocycles. The lowest BCUT2D eigenvalue weighted by atomic mass is 10.4. The molecule has 0 rings (SSSR count). The van der Waals surface area contributed by atoms with Crippen LogP contribution in [0.15, 0.2) is 0 Å². The number of hydrogen-bond acceptors (Lipinski definition) is 2. The first-order valence-corrected chi connectivity index (χ1v) is 3.53. The van der Waals surface area contributed by atoms with Crippen LogP contribution in [-0.2, 0) is 0 Å². The van der Waals surface area contributed by atoms with Crippen LogP contribution in [0.1, 0.15) is 13.8 Å². The maximum absolute atomic E-state index is 11.1. The Morgan fingerprint density at radius 2 is 0.786 bits per heavy atom. The minimum Gasteiger partial charge on any atom is -0.320 e. The Hall–Kier alpha value is -0.500. The van der Waals surface area contributed by atoms with Crippen LogP contribution in [0.4, 0.5) is 26.3 Å². The maximum Gasteiger partial charge on any atom is 0.403 e. The van der Waals surface area contributed by atoms with Crippen LogP contribution in [0.25, 0.3) is 0 Å². The summed E-state index contributed by atoms with van der Waals surface area (Å²) in [6.07, 6.45) is -8.44. The van der Waals surface area contributed by atoms with Gasteiger partial charge in [0.1, 0.15) is 0 Å². The molecule has 2 atom stereocenters. The summed E-state index contributed by atoms with van der Waals surface area (Å²) in [5, 5.41) is 0. The van der Waals surface area contributed by atoms with Gasteiger partial charge in [0, 0.05) is 0 Å². The monoisotopic (exact) mass is 226 g/mol. The summed E-state index contributed by atoms with van der Waals surface area (Å²) in [4.78, 5) is 0. The fourth-order valence-corrected chi connectivity index (χ4v) is 0. The molecule has 0 unspecified atom stereocenters. The van der Waals surface area contributed by atoms with Gasteiger partial charge in [0.25, 0.3) is 0 Å². The summed E-state index contributed by atoms with van der Waals surface area (Å²) >= 11 is 0. The molecule has 0 aromatic heterocycles. The Bertz CT molecular complexity index is 129. The maximum atomic E-state index is 11.1. The second kappa shape index (κ2) is 5.40. The predicted octanol–water partition coefficient (Wildman–Crippen LogP) is 1.79. The highest BCUT2D eigenvalue weighted by molar-refractivity contribution is 4.62. The van der Waals surface area contributed by atoms with E-state index in [1.807, 2.05) is 0 Å². The number of halogens is 6. The van der Waals surface area contributed by atoms with Crippen LogP contribution < -0.4 is 11.5 Å². The fraction of sp³-hybridized carbons (Fsp3) is 1.00. The van der Waals surface area contributed by atoms with E-state index < -0.39 is 24.4 Å². The molecule has 4 N–H and O–H groups in total. The molecule has 0 radical (unpaired) electrons. The van der Waals surface area contributed by atoms with E-state index in [0.717, 1.165) is 13.8 Å². The highest BCUT2D eigenvalue weighted by Crippen LogP contribution is 2.17. The highest BCUT2D eigenvalue weighted by atomic mass is 19.4. The average molecular weight is 226 g/mol. The molecule has 14 heavy (non-hydrogen) atoms. The molecule has 0 aliphatic rings. The lowest BCUT2D eigenvalue weighted by Crippen LogP contribution is -2.33. The van der Waals surface area contributed by atoms with E-state index in [0.29, 0.717) is 0 Å². The summed E-state index contributed by atoms with van der Waals surface area (Å²) in [6.45, 7) is 1.81. The molecule has 0 amide bonds. The third-order valence-electron chi connectivity index (χ3n) is 1.03. The highest BCUT2D eigenvalue weighted by Gasteiger charge is 2.32. The summed E-state index contributed by atoms with van der Waals surface area (Å²) in [5.41, 5.74) is 8.89. The van der Waals surface area contributed by atoms with Gasteiger partial charge in [-0.2, -0.15) is 26.3 Å². The summed E-state index contributed by atoms with van der Waals surface area (Å²) < 4.78 is 66.3. The zero-order valence-corrected chi connectivity index (χ0v) is 7.58. The third-order valence-corrected chi connectivity index (χ3v) is 1.03. The standard InChI is InChI=1S/2C3H6F3N/c2*1-2(7)3(4,5)6/h2*2H,7H2,1H3/t2*2-/m10/s1. The van der Waals surface area contributed by atoms with Gasteiger partial charge in [0.2, 0.25) is 0 Å². The summed E-state index contributed by atoms with van der Waals surface area (Å²) in [5.74, 6) is 0.